The van der Waals surface area contributed by atoms with E-state index in [9.17, 15) is 25.0 Å². The zero-order valence-corrected chi connectivity index (χ0v) is 17.1. The van der Waals surface area contributed by atoms with Gasteiger partial charge in [0.25, 0.3) is 11.6 Å². The molecule has 1 atom stereocenters. The van der Waals surface area contributed by atoms with Gasteiger partial charge in [-0.1, -0.05) is 41.6 Å². The second-order valence-corrected chi connectivity index (χ2v) is 7.81. The molecule has 1 aliphatic heterocycles. The molecule has 152 valence electrons. The van der Waals surface area contributed by atoms with E-state index in [1.54, 1.807) is 24.3 Å². The number of carbonyl (C=O) groups excluding carboxylic acids is 2. The lowest BCUT2D eigenvalue weighted by Gasteiger charge is -2.18. The quantitative estimate of drug-likeness (QED) is 0.343. The van der Waals surface area contributed by atoms with Crippen molar-refractivity contribution in [3.05, 3.63) is 80.4 Å². The van der Waals surface area contributed by atoms with Gasteiger partial charge in [0.1, 0.15) is 16.7 Å². The largest absolute Gasteiger partial charge is 0.354 e. The molecule has 0 bridgehead atoms. The number of rotatable bonds is 5. The zero-order valence-electron chi connectivity index (χ0n) is 16.3. The summed E-state index contributed by atoms with van der Waals surface area (Å²) in [7, 11) is 1.42. The molecule has 9 heteroatoms. The number of likely N-dealkylation sites (N-methyl/N-ethyl adjacent to an activating group) is 1. The molecule has 2 amide bonds. The molecule has 2 aromatic rings. The number of nitro groups is 1. The van der Waals surface area contributed by atoms with Gasteiger partial charge in [0, 0.05) is 24.9 Å². The molecule has 30 heavy (non-hydrogen) atoms. The Labute approximate surface area is 177 Å². The summed E-state index contributed by atoms with van der Waals surface area (Å²) in [5.41, 5.74) is 1.96. The van der Waals surface area contributed by atoms with Crippen LogP contribution in [0.5, 0.6) is 0 Å². The third-order valence-electron chi connectivity index (χ3n) is 4.57. The Balaban J connectivity index is 2.03. The Morgan fingerprint density at radius 1 is 1.30 bits per heavy atom. The number of carbonyl (C=O) groups is 2. The highest BCUT2D eigenvalue weighted by molar-refractivity contribution is 8.05. The fraction of sp³-hybridized carbons (Fsp3) is 0.190. The molecule has 0 spiro atoms. The van der Waals surface area contributed by atoms with Gasteiger partial charge in [-0.3, -0.25) is 24.6 Å². The van der Waals surface area contributed by atoms with Crippen LogP contribution >= 0.6 is 11.8 Å². The molecular formula is C21H18N4O4S. The van der Waals surface area contributed by atoms with Gasteiger partial charge < -0.3 is 5.32 Å². The van der Waals surface area contributed by atoms with Crippen LogP contribution < -0.4 is 10.2 Å². The van der Waals surface area contributed by atoms with Crippen LogP contribution in [-0.4, -0.2) is 29.0 Å². The maximum absolute atomic E-state index is 13.3. The smallest absolute Gasteiger partial charge is 0.269 e. The second-order valence-electron chi connectivity index (χ2n) is 6.62. The van der Waals surface area contributed by atoms with Gasteiger partial charge in [-0.15, -0.1) is 0 Å². The molecule has 0 aromatic heterocycles. The number of nitro benzene ring substituents is 1. The molecule has 0 radical (unpaired) electrons. The van der Waals surface area contributed by atoms with Crippen LogP contribution in [0, 0.1) is 28.4 Å². The third kappa shape index (κ3) is 4.18. The number of nitrogens with zero attached hydrogens (tertiary/aromatic N) is 3. The van der Waals surface area contributed by atoms with E-state index in [-0.39, 0.29) is 28.6 Å². The van der Waals surface area contributed by atoms with Gasteiger partial charge >= 0.3 is 0 Å². The van der Waals surface area contributed by atoms with Gasteiger partial charge in [0.2, 0.25) is 5.91 Å². The van der Waals surface area contributed by atoms with E-state index in [0.29, 0.717) is 11.3 Å². The third-order valence-corrected chi connectivity index (χ3v) is 5.83. The van der Waals surface area contributed by atoms with Crippen molar-refractivity contribution in [3.63, 3.8) is 0 Å². The van der Waals surface area contributed by atoms with Crippen molar-refractivity contribution in [2.45, 2.75) is 18.6 Å². The molecule has 2 aromatic carbocycles. The summed E-state index contributed by atoms with van der Waals surface area (Å²) >= 11 is 1.11. The van der Waals surface area contributed by atoms with Crippen LogP contribution in [0.2, 0.25) is 0 Å². The highest BCUT2D eigenvalue weighted by Gasteiger charge is 2.40. The lowest BCUT2D eigenvalue weighted by Crippen LogP contribution is -2.31. The molecule has 0 saturated carbocycles. The molecule has 0 aliphatic carbocycles. The minimum Gasteiger partial charge on any atom is -0.354 e. The number of aryl methyl sites for hydroxylation is 1. The standard InChI is InChI=1S/C21H18N4O4S/c1-13-6-8-15(9-7-13)24-20(27)18(30-21(24)17(12-22)19(26)23-2)11-14-4-3-5-16(10-14)25(28)29/h3-10,18H,11H2,1-2H3,(H,23,26)/b21-17+/t18-/m1/s1. The minimum atomic E-state index is -0.628. The summed E-state index contributed by atoms with van der Waals surface area (Å²) in [5, 5.41) is 22.7. The molecule has 1 N–H and O–H groups in total. The van der Waals surface area contributed by atoms with E-state index < -0.39 is 16.1 Å². The first-order valence-electron chi connectivity index (χ1n) is 9.02. The Hall–Kier alpha value is -3.64. The number of amides is 2. The number of thioether (sulfide) groups is 1. The summed E-state index contributed by atoms with van der Waals surface area (Å²) in [6.07, 6.45) is 0.226. The summed E-state index contributed by atoms with van der Waals surface area (Å²) in [6.45, 7) is 1.91. The fourth-order valence-corrected chi connectivity index (χ4v) is 4.36. The van der Waals surface area contributed by atoms with Gasteiger partial charge in [0.05, 0.1) is 10.2 Å². The minimum absolute atomic E-state index is 0.0582. The molecule has 1 fully saturated rings. The number of benzene rings is 2. The summed E-state index contributed by atoms with van der Waals surface area (Å²) < 4.78 is 0. The van der Waals surface area contributed by atoms with E-state index in [0.717, 1.165) is 17.3 Å². The summed E-state index contributed by atoms with van der Waals surface area (Å²) in [6, 6.07) is 15.2. The van der Waals surface area contributed by atoms with Crippen molar-refractivity contribution in [1.82, 2.24) is 5.32 Å². The lowest BCUT2D eigenvalue weighted by atomic mass is 10.1. The predicted molar refractivity (Wildman–Crippen MR) is 114 cm³/mol. The zero-order chi connectivity index (χ0) is 21.8. The van der Waals surface area contributed by atoms with Crippen molar-refractivity contribution >= 4 is 35.0 Å². The highest BCUT2D eigenvalue weighted by atomic mass is 32.2. The van der Waals surface area contributed by atoms with Crippen molar-refractivity contribution in [3.8, 4) is 6.07 Å². The normalized spacial score (nSPS) is 17.4. The van der Waals surface area contributed by atoms with E-state index in [1.165, 1.54) is 24.1 Å². The van der Waals surface area contributed by atoms with Crippen LogP contribution in [0.25, 0.3) is 0 Å². The van der Waals surface area contributed by atoms with E-state index in [2.05, 4.69) is 5.32 Å². The van der Waals surface area contributed by atoms with E-state index >= 15 is 0 Å². The van der Waals surface area contributed by atoms with Gasteiger partial charge in [0.15, 0.2) is 0 Å². The van der Waals surface area contributed by atoms with Gasteiger partial charge in [-0.25, -0.2) is 0 Å². The summed E-state index contributed by atoms with van der Waals surface area (Å²) in [5.74, 6) is -0.872. The molecular weight excluding hydrogens is 404 g/mol. The number of nitrogens with one attached hydrogen (secondary N) is 1. The predicted octanol–water partition coefficient (Wildman–Crippen LogP) is 3.08. The molecule has 3 rings (SSSR count). The first-order chi connectivity index (χ1) is 14.3. The Kier molecular flexibility index (Phi) is 6.18. The Morgan fingerprint density at radius 3 is 2.60 bits per heavy atom. The van der Waals surface area contributed by atoms with E-state index in [4.69, 9.17) is 0 Å². The Morgan fingerprint density at radius 2 is 2.00 bits per heavy atom. The summed E-state index contributed by atoms with van der Waals surface area (Å²) in [4.78, 5) is 37.4. The van der Waals surface area contributed by atoms with Crippen molar-refractivity contribution in [1.29, 1.82) is 5.26 Å². The average Bonchev–Trinajstić information content (AvgIpc) is 3.05. The van der Waals surface area contributed by atoms with Crippen LogP contribution in [0.1, 0.15) is 11.1 Å². The maximum Gasteiger partial charge on any atom is 0.269 e. The van der Waals surface area contributed by atoms with Crippen molar-refractivity contribution in [2.24, 2.45) is 0 Å². The number of hydrogen-bond acceptors (Lipinski definition) is 6. The maximum atomic E-state index is 13.3. The van der Waals surface area contributed by atoms with Crippen LogP contribution in [0.3, 0.4) is 0 Å². The van der Waals surface area contributed by atoms with Crippen molar-refractivity contribution in [2.75, 3.05) is 11.9 Å². The number of anilines is 1. The molecule has 1 saturated heterocycles. The first-order valence-corrected chi connectivity index (χ1v) is 9.90. The number of nitriles is 1. The topological polar surface area (TPSA) is 116 Å². The monoisotopic (exact) mass is 422 g/mol. The van der Waals surface area contributed by atoms with Crippen LogP contribution in [0.15, 0.2) is 59.1 Å². The van der Waals surface area contributed by atoms with Crippen molar-refractivity contribution < 1.29 is 14.5 Å². The van der Waals surface area contributed by atoms with Crippen LogP contribution in [-0.2, 0) is 16.0 Å². The molecule has 1 heterocycles. The number of hydrogen-bond donors (Lipinski definition) is 1. The lowest BCUT2D eigenvalue weighted by molar-refractivity contribution is -0.384. The fourth-order valence-electron chi connectivity index (χ4n) is 3.05. The Bertz CT molecular complexity index is 1090. The second kappa shape index (κ2) is 8.80. The molecule has 1 aliphatic rings. The van der Waals surface area contributed by atoms with Crippen LogP contribution in [0.4, 0.5) is 11.4 Å². The number of non-ortho nitro benzene ring substituents is 1. The SMILES string of the molecule is CNC(=O)/C(C#N)=C1/S[C@H](Cc2cccc([N+](=O)[O-])c2)C(=O)N1c1ccc(C)cc1. The highest BCUT2D eigenvalue weighted by Crippen LogP contribution is 2.42. The molecule has 0 unspecified atom stereocenters. The average molecular weight is 422 g/mol. The molecule has 8 nitrogen and oxygen atoms in total. The van der Waals surface area contributed by atoms with E-state index in [1.807, 2.05) is 25.1 Å². The first kappa shape index (κ1) is 21.1. The van der Waals surface area contributed by atoms with Gasteiger partial charge in [-0.2, -0.15) is 5.26 Å². The van der Waals surface area contributed by atoms with Gasteiger partial charge in [-0.05, 0) is 31.0 Å².